The third-order valence-corrected chi connectivity index (χ3v) is 3.79. The molecule has 1 saturated heterocycles. The average Bonchev–Trinajstić information content (AvgIpc) is 2.70. The van der Waals surface area contributed by atoms with Crippen molar-refractivity contribution in [2.75, 3.05) is 18.0 Å². The minimum absolute atomic E-state index is 0.473. The Bertz CT molecular complexity index is 346. The summed E-state index contributed by atoms with van der Waals surface area (Å²) in [7, 11) is 0. The minimum Gasteiger partial charge on any atom is -0.356 e. The molecule has 0 saturated carbocycles. The van der Waals surface area contributed by atoms with Gasteiger partial charge in [0.2, 0.25) is 0 Å². The number of rotatable bonds is 2. The molecule has 2 rings (SSSR count). The highest BCUT2D eigenvalue weighted by molar-refractivity contribution is 14.1. The maximum absolute atomic E-state index is 4.41. The Kier molecular flexibility index (Phi) is 3.43. The molecule has 1 fully saturated rings. The lowest BCUT2D eigenvalue weighted by atomic mass is 10.1. The molecule has 0 atom stereocenters. The fraction of sp³-hybridized carbons (Fsp3) is 0.636. The van der Waals surface area contributed by atoms with Gasteiger partial charge in [-0.15, -0.1) is 0 Å². The van der Waals surface area contributed by atoms with Crippen LogP contribution in [0, 0.1) is 3.57 Å². The largest absolute Gasteiger partial charge is 0.356 e. The Morgan fingerprint density at radius 3 is 2.53 bits per heavy atom. The van der Waals surface area contributed by atoms with Gasteiger partial charge >= 0.3 is 0 Å². The number of hydrogen-bond acceptors (Lipinski definition) is 3. The Balaban J connectivity index is 2.34. The van der Waals surface area contributed by atoms with E-state index in [-0.39, 0.29) is 0 Å². The van der Waals surface area contributed by atoms with Gasteiger partial charge in [0.05, 0.1) is 9.26 Å². The molecule has 0 radical (unpaired) electrons. The standard InChI is InChI=1S/C11H16IN3/c1-8(2)10-9(12)11(14-7-13-10)15-5-3-4-6-15/h7-8H,3-6H2,1-2H3. The van der Waals surface area contributed by atoms with Gasteiger partial charge in [0, 0.05) is 13.1 Å². The van der Waals surface area contributed by atoms with Crippen LogP contribution in [0.1, 0.15) is 38.3 Å². The Hall–Kier alpha value is -0.390. The molecular weight excluding hydrogens is 301 g/mol. The van der Waals surface area contributed by atoms with E-state index in [1.165, 1.54) is 22.1 Å². The van der Waals surface area contributed by atoms with Crippen molar-refractivity contribution in [2.24, 2.45) is 0 Å². The molecule has 2 heterocycles. The highest BCUT2D eigenvalue weighted by Gasteiger charge is 2.19. The molecule has 4 heteroatoms. The first-order chi connectivity index (χ1) is 7.20. The van der Waals surface area contributed by atoms with Crippen molar-refractivity contribution in [3.05, 3.63) is 15.6 Å². The molecule has 0 spiro atoms. The van der Waals surface area contributed by atoms with Gasteiger partial charge in [0.25, 0.3) is 0 Å². The molecule has 15 heavy (non-hydrogen) atoms. The van der Waals surface area contributed by atoms with Crippen molar-refractivity contribution < 1.29 is 0 Å². The van der Waals surface area contributed by atoms with E-state index < -0.39 is 0 Å². The Morgan fingerprint density at radius 2 is 1.93 bits per heavy atom. The van der Waals surface area contributed by atoms with E-state index in [9.17, 15) is 0 Å². The van der Waals surface area contributed by atoms with Gasteiger partial charge in [-0.2, -0.15) is 0 Å². The summed E-state index contributed by atoms with van der Waals surface area (Å²) < 4.78 is 1.23. The van der Waals surface area contributed by atoms with Gasteiger partial charge in [-0.3, -0.25) is 0 Å². The van der Waals surface area contributed by atoms with Crippen LogP contribution in [-0.2, 0) is 0 Å². The van der Waals surface area contributed by atoms with Gasteiger partial charge < -0.3 is 4.90 Å². The summed E-state index contributed by atoms with van der Waals surface area (Å²) in [6, 6.07) is 0. The molecule has 0 aromatic carbocycles. The fourth-order valence-electron chi connectivity index (χ4n) is 1.93. The molecule has 0 aliphatic carbocycles. The fourth-order valence-corrected chi connectivity index (χ4v) is 3.17. The number of hydrogen-bond donors (Lipinski definition) is 0. The van der Waals surface area contributed by atoms with E-state index in [0.717, 1.165) is 18.9 Å². The van der Waals surface area contributed by atoms with E-state index in [1.807, 2.05) is 0 Å². The van der Waals surface area contributed by atoms with Crippen LogP contribution in [0.2, 0.25) is 0 Å². The van der Waals surface area contributed by atoms with Crippen molar-refractivity contribution in [3.63, 3.8) is 0 Å². The molecule has 1 aromatic rings. The quantitative estimate of drug-likeness (QED) is 0.786. The summed E-state index contributed by atoms with van der Waals surface area (Å²) in [4.78, 5) is 11.1. The molecule has 1 aliphatic rings. The maximum atomic E-state index is 4.41. The van der Waals surface area contributed by atoms with E-state index in [2.05, 4.69) is 51.3 Å². The van der Waals surface area contributed by atoms with Crippen molar-refractivity contribution in [2.45, 2.75) is 32.6 Å². The van der Waals surface area contributed by atoms with Crippen LogP contribution in [0.5, 0.6) is 0 Å². The zero-order valence-corrected chi connectivity index (χ0v) is 11.4. The summed E-state index contributed by atoms with van der Waals surface area (Å²) in [5.74, 6) is 1.60. The summed E-state index contributed by atoms with van der Waals surface area (Å²) >= 11 is 2.38. The summed E-state index contributed by atoms with van der Waals surface area (Å²) in [6.45, 7) is 6.64. The van der Waals surface area contributed by atoms with Crippen LogP contribution in [0.15, 0.2) is 6.33 Å². The zero-order valence-electron chi connectivity index (χ0n) is 9.20. The minimum atomic E-state index is 0.473. The van der Waals surface area contributed by atoms with Crippen molar-refractivity contribution in [3.8, 4) is 0 Å². The number of halogens is 1. The van der Waals surface area contributed by atoms with E-state index in [0.29, 0.717) is 5.92 Å². The van der Waals surface area contributed by atoms with E-state index >= 15 is 0 Å². The summed E-state index contributed by atoms with van der Waals surface area (Å²) in [5.41, 5.74) is 1.17. The predicted octanol–water partition coefficient (Wildman–Crippen LogP) is 2.80. The topological polar surface area (TPSA) is 29.0 Å². The first kappa shape index (κ1) is 11.1. The lowest BCUT2D eigenvalue weighted by Gasteiger charge is -2.19. The molecule has 1 aliphatic heterocycles. The van der Waals surface area contributed by atoms with Crippen LogP contribution in [0.3, 0.4) is 0 Å². The van der Waals surface area contributed by atoms with Crippen LogP contribution in [0.4, 0.5) is 5.82 Å². The van der Waals surface area contributed by atoms with Gasteiger partial charge in [-0.1, -0.05) is 13.8 Å². The lowest BCUT2D eigenvalue weighted by molar-refractivity contribution is 0.796. The first-order valence-corrected chi connectivity index (χ1v) is 6.53. The number of anilines is 1. The summed E-state index contributed by atoms with van der Waals surface area (Å²) in [6.07, 6.45) is 4.28. The summed E-state index contributed by atoms with van der Waals surface area (Å²) in [5, 5.41) is 0. The molecule has 0 unspecified atom stereocenters. The highest BCUT2D eigenvalue weighted by atomic mass is 127. The third-order valence-electron chi connectivity index (χ3n) is 2.75. The first-order valence-electron chi connectivity index (χ1n) is 5.45. The number of nitrogens with zero attached hydrogens (tertiary/aromatic N) is 3. The van der Waals surface area contributed by atoms with E-state index in [4.69, 9.17) is 0 Å². The monoisotopic (exact) mass is 317 g/mol. The molecule has 0 bridgehead atoms. The molecule has 3 nitrogen and oxygen atoms in total. The van der Waals surface area contributed by atoms with Gasteiger partial charge in [0.1, 0.15) is 12.1 Å². The van der Waals surface area contributed by atoms with Crippen LogP contribution in [0.25, 0.3) is 0 Å². The van der Waals surface area contributed by atoms with Crippen LogP contribution < -0.4 is 4.90 Å². The zero-order chi connectivity index (χ0) is 10.8. The van der Waals surface area contributed by atoms with Gasteiger partial charge in [0.15, 0.2) is 0 Å². The molecule has 1 aromatic heterocycles. The normalized spacial score (nSPS) is 16.4. The van der Waals surface area contributed by atoms with Crippen molar-refractivity contribution >= 4 is 28.4 Å². The Labute approximate surface area is 104 Å². The van der Waals surface area contributed by atoms with Crippen LogP contribution in [-0.4, -0.2) is 23.1 Å². The smallest absolute Gasteiger partial charge is 0.145 e. The molecule has 0 N–H and O–H groups in total. The Morgan fingerprint density at radius 1 is 1.27 bits per heavy atom. The third kappa shape index (κ3) is 2.24. The van der Waals surface area contributed by atoms with Gasteiger partial charge in [-0.05, 0) is 41.4 Å². The maximum Gasteiger partial charge on any atom is 0.145 e. The SMILES string of the molecule is CC(C)c1ncnc(N2CCCC2)c1I. The van der Waals surface area contributed by atoms with Crippen molar-refractivity contribution in [1.82, 2.24) is 9.97 Å². The second kappa shape index (κ2) is 4.63. The van der Waals surface area contributed by atoms with Crippen molar-refractivity contribution in [1.29, 1.82) is 0 Å². The predicted molar refractivity (Wildman–Crippen MR) is 70.3 cm³/mol. The van der Waals surface area contributed by atoms with E-state index in [1.54, 1.807) is 6.33 Å². The highest BCUT2D eigenvalue weighted by Crippen LogP contribution is 2.28. The second-order valence-electron chi connectivity index (χ2n) is 4.25. The number of aromatic nitrogens is 2. The second-order valence-corrected chi connectivity index (χ2v) is 5.32. The van der Waals surface area contributed by atoms with Gasteiger partial charge in [-0.25, -0.2) is 9.97 Å². The van der Waals surface area contributed by atoms with Crippen LogP contribution >= 0.6 is 22.6 Å². The molecule has 82 valence electrons. The molecular formula is C11H16IN3. The molecule has 0 amide bonds. The average molecular weight is 317 g/mol. The lowest BCUT2D eigenvalue weighted by Crippen LogP contribution is -2.21.